The lowest BCUT2D eigenvalue weighted by Crippen LogP contribution is -2.57. The molecule has 0 radical (unpaired) electrons. The quantitative estimate of drug-likeness (QED) is 0.535. The van der Waals surface area contributed by atoms with Crippen LogP contribution in [0.4, 0.5) is 16.0 Å². The fourth-order valence-electron chi connectivity index (χ4n) is 5.41. The van der Waals surface area contributed by atoms with Gasteiger partial charge in [-0.3, -0.25) is 9.20 Å². The number of likely N-dealkylation sites (N-methyl/N-ethyl adjacent to an activating group) is 2. The maximum atomic E-state index is 14.6. The van der Waals surface area contributed by atoms with Gasteiger partial charge in [0.1, 0.15) is 23.4 Å². The molecule has 0 saturated carbocycles. The van der Waals surface area contributed by atoms with Crippen LogP contribution in [0.5, 0.6) is 5.75 Å². The van der Waals surface area contributed by atoms with E-state index in [1.807, 2.05) is 22.4 Å². The van der Waals surface area contributed by atoms with Crippen molar-refractivity contribution in [2.45, 2.75) is 25.9 Å². The van der Waals surface area contributed by atoms with Gasteiger partial charge < -0.3 is 24.8 Å². The van der Waals surface area contributed by atoms with Crippen molar-refractivity contribution < 1.29 is 22.3 Å². The van der Waals surface area contributed by atoms with E-state index < -0.39 is 11.6 Å². The van der Waals surface area contributed by atoms with Gasteiger partial charge in [0.15, 0.2) is 5.69 Å². The standard InChI is InChI=1S/C24H28FN7O2.O2S/c1-3-30-13-15-12-29(2)7-8-31(15)19-11-27-24(32-14-28-21(22(19)32)23(30)33)26-10-17-16-6-9-34-20(16)5-4-18(17)25;1-3-2/h4-5,11,14-15H,3,6-10,12-13H2,1-2H3,(H,26,27);/t15-;/m1./s1. The van der Waals surface area contributed by atoms with Gasteiger partial charge in [0.05, 0.1) is 24.5 Å². The molecular weight excluding hydrogens is 501 g/mol. The van der Waals surface area contributed by atoms with E-state index in [-0.39, 0.29) is 24.3 Å². The molecule has 0 spiro atoms. The molecule has 1 amide bonds. The van der Waals surface area contributed by atoms with E-state index >= 15 is 0 Å². The third-order valence-electron chi connectivity index (χ3n) is 7.21. The summed E-state index contributed by atoms with van der Waals surface area (Å²) in [6.45, 7) is 6.77. The van der Waals surface area contributed by atoms with Gasteiger partial charge in [-0.2, -0.15) is 8.42 Å². The molecule has 6 rings (SSSR count). The van der Waals surface area contributed by atoms with Crippen LogP contribution in [-0.2, 0) is 24.5 Å². The number of aromatic nitrogens is 3. The Morgan fingerprint density at radius 1 is 1.22 bits per heavy atom. The third-order valence-corrected chi connectivity index (χ3v) is 7.21. The minimum absolute atomic E-state index is 0.0691. The molecule has 11 nitrogen and oxygen atoms in total. The number of nitrogens with one attached hydrogen (secondary N) is 1. The summed E-state index contributed by atoms with van der Waals surface area (Å²) in [5, 5.41) is 3.28. The van der Waals surface area contributed by atoms with Gasteiger partial charge in [-0.25, -0.2) is 14.4 Å². The summed E-state index contributed by atoms with van der Waals surface area (Å²) < 4.78 is 38.7. The molecule has 0 bridgehead atoms. The summed E-state index contributed by atoms with van der Waals surface area (Å²) in [5.41, 5.74) is 3.58. The zero-order valence-corrected chi connectivity index (χ0v) is 21.5. The molecule has 1 N–H and O–H groups in total. The van der Waals surface area contributed by atoms with Crippen molar-refractivity contribution in [2.75, 3.05) is 56.6 Å². The average Bonchev–Trinajstić information content (AvgIpc) is 3.54. The number of ether oxygens (including phenoxy) is 1. The molecule has 196 valence electrons. The molecule has 3 aliphatic heterocycles. The lowest BCUT2D eigenvalue weighted by Gasteiger charge is -2.44. The minimum Gasteiger partial charge on any atom is -0.493 e. The fourth-order valence-corrected chi connectivity index (χ4v) is 5.41. The molecule has 1 aromatic carbocycles. The van der Waals surface area contributed by atoms with Crippen LogP contribution in [0, 0.1) is 5.82 Å². The normalized spacial score (nSPS) is 18.8. The van der Waals surface area contributed by atoms with Gasteiger partial charge in [0.25, 0.3) is 5.91 Å². The second-order valence-electron chi connectivity index (χ2n) is 9.25. The maximum absolute atomic E-state index is 14.6. The number of hydrogen-bond acceptors (Lipinski definition) is 9. The van der Waals surface area contributed by atoms with Gasteiger partial charge >= 0.3 is 11.6 Å². The molecule has 1 fully saturated rings. The Hall–Kier alpha value is -3.58. The summed E-state index contributed by atoms with van der Waals surface area (Å²) in [7, 11) is 2.11. The lowest BCUT2D eigenvalue weighted by molar-refractivity contribution is 0.0733. The van der Waals surface area contributed by atoms with E-state index in [9.17, 15) is 9.18 Å². The van der Waals surface area contributed by atoms with E-state index in [4.69, 9.17) is 13.2 Å². The first-order valence-electron chi connectivity index (χ1n) is 12.2. The molecule has 2 aromatic heterocycles. The Labute approximate surface area is 216 Å². The molecule has 37 heavy (non-hydrogen) atoms. The van der Waals surface area contributed by atoms with E-state index in [1.54, 1.807) is 12.4 Å². The van der Waals surface area contributed by atoms with Crippen LogP contribution >= 0.6 is 0 Å². The van der Waals surface area contributed by atoms with E-state index in [2.05, 4.69) is 32.1 Å². The van der Waals surface area contributed by atoms with Crippen molar-refractivity contribution in [3.05, 3.63) is 47.3 Å². The number of nitrogens with zero attached hydrogens (tertiary/aromatic N) is 6. The molecule has 1 saturated heterocycles. The van der Waals surface area contributed by atoms with Crippen LogP contribution in [0.3, 0.4) is 0 Å². The zero-order chi connectivity index (χ0) is 26.1. The first-order chi connectivity index (χ1) is 18.0. The summed E-state index contributed by atoms with van der Waals surface area (Å²) in [4.78, 5) is 29.1. The van der Waals surface area contributed by atoms with Gasteiger partial charge in [-0.15, -0.1) is 0 Å². The lowest BCUT2D eigenvalue weighted by atomic mass is 10.0. The van der Waals surface area contributed by atoms with Crippen molar-refractivity contribution in [1.82, 2.24) is 24.2 Å². The number of rotatable bonds is 4. The second-order valence-corrected chi connectivity index (χ2v) is 9.39. The molecule has 0 aliphatic carbocycles. The highest BCUT2D eigenvalue weighted by molar-refractivity contribution is 7.51. The predicted octanol–water partition coefficient (Wildman–Crippen LogP) is 1.34. The van der Waals surface area contributed by atoms with E-state index in [1.165, 1.54) is 6.07 Å². The van der Waals surface area contributed by atoms with Crippen molar-refractivity contribution >= 4 is 34.6 Å². The van der Waals surface area contributed by atoms with Crippen molar-refractivity contribution in [3.63, 3.8) is 0 Å². The Bertz CT molecular complexity index is 1380. The monoisotopic (exact) mass is 529 g/mol. The summed E-state index contributed by atoms with van der Waals surface area (Å²) >= 11 is -0.750. The van der Waals surface area contributed by atoms with Gasteiger partial charge in [-0.05, 0) is 26.1 Å². The number of halogens is 1. The molecule has 13 heteroatoms. The summed E-state index contributed by atoms with van der Waals surface area (Å²) in [5.74, 6) is 0.931. The number of fused-ring (bicyclic) bond motifs is 3. The van der Waals surface area contributed by atoms with Crippen LogP contribution < -0.4 is 15.0 Å². The molecule has 1 atom stereocenters. The SMILES string of the molecule is CCN1C[C@H]2CN(C)CCN2c2cnc(NCc3c(F)ccc4c3CCO4)n3cnc(c23)C1=O.O=S=O. The van der Waals surface area contributed by atoms with Crippen molar-refractivity contribution in [1.29, 1.82) is 0 Å². The summed E-state index contributed by atoms with van der Waals surface area (Å²) in [6, 6.07) is 3.31. The van der Waals surface area contributed by atoms with Crippen molar-refractivity contribution in [2.24, 2.45) is 0 Å². The highest BCUT2D eigenvalue weighted by Crippen LogP contribution is 2.33. The van der Waals surface area contributed by atoms with Crippen LogP contribution in [0.25, 0.3) is 5.52 Å². The highest BCUT2D eigenvalue weighted by Gasteiger charge is 2.35. The minimum atomic E-state index is -0.750. The first-order valence-corrected chi connectivity index (χ1v) is 12.8. The van der Waals surface area contributed by atoms with Crippen LogP contribution in [0.2, 0.25) is 0 Å². The Balaban J connectivity index is 0.000000892. The van der Waals surface area contributed by atoms with Crippen LogP contribution in [0.1, 0.15) is 28.5 Å². The number of amides is 1. The van der Waals surface area contributed by atoms with Crippen LogP contribution in [0.15, 0.2) is 24.7 Å². The Morgan fingerprint density at radius 3 is 2.81 bits per heavy atom. The molecule has 3 aliphatic rings. The summed E-state index contributed by atoms with van der Waals surface area (Å²) in [6.07, 6.45) is 4.15. The number of imidazole rings is 1. The molecule has 3 aromatic rings. The van der Waals surface area contributed by atoms with Gasteiger partial charge in [-0.1, -0.05) is 0 Å². The smallest absolute Gasteiger partial charge is 0.335 e. The van der Waals surface area contributed by atoms with E-state index in [0.29, 0.717) is 43.3 Å². The number of carbonyl (C=O) groups is 1. The Morgan fingerprint density at radius 2 is 2.03 bits per heavy atom. The number of benzene rings is 1. The average molecular weight is 530 g/mol. The maximum Gasteiger partial charge on any atom is 0.335 e. The molecule has 5 heterocycles. The zero-order valence-electron chi connectivity index (χ0n) is 20.6. The molecular formula is C24H28FN7O4S. The third kappa shape index (κ3) is 4.53. The Kier molecular flexibility index (Phi) is 7.07. The topological polar surface area (TPSA) is 112 Å². The molecule has 0 unspecified atom stereocenters. The van der Waals surface area contributed by atoms with Crippen molar-refractivity contribution in [3.8, 4) is 5.75 Å². The fraction of sp³-hybridized carbons (Fsp3) is 0.458. The number of piperazine rings is 1. The predicted molar refractivity (Wildman–Crippen MR) is 135 cm³/mol. The highest BCUT2D eigenvalue weighted by atomic mass is 32.1. The number of carbonyl (C=O) groups excluding carboxylic acids is 1. The largest absolute Gasteiger partial charge is 0.493 e. The van der Waals surface area contributed by atoms with Gasteiger partial charge in [0, 0.05) is 56.8 Å². The second kappa shape index (κ2) is 10.4. The van der Waals surface area contributed by atoms with Crippen LogP contribution in [-0.4, -0.2) is 90.9 Å². The number of hydrogen-bond donors (Lipinski definition) is 1. The van der Waals surface area contributed by atoms with E-state index in [0.717, 1.165) is 42.2 Å². The van der Waals surface area contributed by atoms with Gasteiger partial charge in [0.2, 0.25) is 5.95 Å². The first kappa shape index (κ1) is 25.1. The number of anilines is 2.